The Hall–Kier alpha value is -1.57. The summed E-state index contributed by atoms with van der Waals surface area (Å²) in [6.07, 6.45) is 2.48. The van der Waals surface area contributed by atoms with Crippen LogP contribution >= 0.6 is 0 Å². The minimum Gasteiger partial charge on any atom is -0.478 e. The molecule has 1 aliphatic rings. The van der Waals surface area contributed by atoms with E-state index >= 15 is 0 Å². The van der Waals surface area contributed by atoms with Crippen LogP contribution < -0.4 is 10.1 Å². The van der Waals surface area contributed by atoms with E-state index in [0.717, 1.165) is 24.4 Å². The van der Waals surface area contributed by atoms with Gasteiger partial charge in [0.25, 0.3) is 0 Å². The van der Waals surface area contributed by atoms with Gasteiger partial charge in [0.2, 0.25) is 0 Å². The summed E-state index contributed by atoms with van der Waals surface area (Å²) in [5, 5.41) is 12.2. The molecule has 0 saturated carbocycles. The summed E-state index contributed by atoms with van der Waals surface area (Å²) < 4.78 is 5.46. The molecule has 0 atom stereocenters. The predicted molar refractivity (Wildman–Crippen MR) is 84.1 cm³/mol. The Balaban J connectivity index is 1.84. The maximum Gasteiger partial charge on any atom is 0.174 e. The SMILES string of the molecule is CN1CCC(C)(CNCc2ccccc2OCC#N)CC1. The van der Waals surface area contributed by atoms with Gasteiger partial charge >= 0.3 is 0 Å². The molecule has 0 bridgehead atoms. The molecule has 4 heteroatoms. The molecule has 1 N–H and O–H groups in total. The average molecular weight is 287 g/mol. The summed E-state index contributed by atoms with van der Waals surface area (Å²) >= 11 is 0. The van der Waals surface area contributed by atoms with Gasteiger partial charge < -0.3 is 15.0 Å². The average Bonchev–Trinajstić information content (AvgIpc) is 2.50. The molecule has 0 aromatic heterocycles. The lowest BCUT2D eigenvalue weighted by Gasteiger charge is -2.38. The zero-order valence-corrected chi connectivity index (χ0v) is 13.1. The van der Waals surface area contributed by atoms with Crippen molar-refractivity contribution in [3.8, 4) is 11.8 Å². The smallest absolute Gasteiger partial charge is 0.174 e. The van der Waals surface area contributed by atoms with Crippen molar-refractivity contribution in [3.05, 3.63) is 29.8 Å². The van der Waals surface area contributed by atoms with E-state index in [2.05, 4.69) is 30.3 Å². The van der Waals surface area contributed by atoms with Crippen LogP contribution in [0.25, 0.3) is 0 Å². The lowest BCUT2D eigenvalue weighted by atomic mass is 9.80. The maximum absolute atomic E-state index is 8.63. The molecule has 1 heterocycles. The predicted octanol–water partition coefficient (Wildman–Crippen LogP) is 2.41. The molecule has 4 nitrogen and oxygen atoms in total. The van der Waals surface area contributed by atoms with Crippen molar-refractivity contribution < 1.29 is 4.74 Å². The lowest BCUT2D eigenvalue weighted by Crippen LogP contribution is -2.41. The van der Waals surface area contributed by atoms with E-state index in [1.54, 1.807) is 0 Å². The van der Waals surface area contributed by atoms with E-state index in [4.69, 9.17) is 10.00 Å². The zero-order valence-electron chi connectivity index (χ0n) is 13.1. The molecule has 0 spiro atoms. The largest absolute Gasteiger partial charge is 0.478 e. The number of nitrogens with one attached hydrogen (secondary N) is 1. The normalized spacial score (nSPS) is 18.1. The van der Waals surface area contributed by atoms with Gasteiger partial charge in [0, 0.05) is 18.7 Å². The van der Waals surface area contributed by atoms with E-state index in [-0.39, 0.29) is 6.61 Å². The van der Waals surface area contributed by atoms with Crippen molar-refractivity contribution >= 4 is 0 Å². The summed E-state index contributed by atoms with van der Waals surface area (Å²) in [6.45, 7) is 6.63. The first-order valence-corrected chi connectivity index (χ1v) is 7.60. The van der Waals surface area contributed by atoms with Gasteiger partial charge in [-0.15, -0.1) is 0 Å². The number of hydrogen-bond donors (Lipinski definition) is 1. The number of benzene rings is 1. The zero-order chi connectivity index (χ0) is 15.1. The van der Waals surface area contributed by atoms with Gasteiger partial charge in [0.15, 0.2) is 6.61 Å². The Morgan fingerprint density at radius 3 is 2.76 bits per heavy atom. The lowest BCUT2D eigenvalue weighted by molar-refractivity contribution is 0.136. The number of nitriles is 1. The summed E-state index contributed by atoms with van der Waals surface area (Å²) in [7, 11) is 2.19. The third kappa shape index (κ3) is 4.73. The monoisotopic (exact) mass is 287 g/mol. The third-order valence-electron chi connectivity index (χ3n) is 4.33. The van der Waals surface area contributed by atoms with E-state index in [0.29, 0.717) is 5.41 Å². The van der Waals surface area contributed by atoms with Crippen LogP contribution in [0.4, 0.5) is 0 Å². The Labute approximate surface area is 127 Å². The molecule has 1 aromatic rings. The molecule has 0 amide bonds. The second-order valence-electron chi connectivity index (χ2n) is 6.27. The molecule has 0 aliphatic carbocycles. The van der Waals surface area contributed by atoms with Crippen molar-refractivity contribution in [3.63, 3.8) is 0 Å². The number of piperidine rings is 1. The van der Waals surface area contributed by atoms with Crippen LogP contribution in [-0.4, -0.2) is 38.2 Å². The first kappa shape index (κ1) is 15.8. The fraction of sp³-hybridized carbons (Fsp3) is 0.588. The minimum atomic E-state index is 0.0983. The van der Waals surface area contributed by atoms with Crippen molar-refractivity contribution in [1.82, 2.24) is 10.2 Å². The summed E-state index contributed by atoms with van der Waals surface area (Å²) in [4.78, 5) is 2.40. The van der Waals surface area contributed by atoms with Gasteiger partial charge in [-0.2, -0.15) is 5.26 Å². The first-order chi connectivity index (χ1) is 10.1. The van der Waals surface area contributed by atoms with Crippen molar-refractivity contribution in [1.29, 1.82) is 5.26 Å². The van der Waals surface area contributed by atoms with Crippen LogP contribution in [0.2, 0.25) is 0 Å². The van der Waals surface area contributed by atoms with Crippen molar-refractivity contribution in [2.75, 3.05) is 33.3 Å². The molecule has 1 aliphatic heterocycles. The molecule has 1 saturated heterocycles. The Bertz CT molecular complexity index is 487. The van der Waals surface area contributed by atoms with Gasteiger partial charge in [-0.3, -0.25) is 0 Å². The fourth-order valence-electron chi connectivity index (χ4n) is 2.73. The number of likely N-dealkylation sites (tertiary alicyclic amines) is 1. The second-order valence-corrected chi connectivity index (χ2v) is 6.27. The van der Waals surface area contributed by atoms with E-state index in [1.807, 2.05) is 24.3 Å². The molecule has 0 radical (unpaired) electrons. The molecular weight excluding hydrogens is 262 g/mol. The Kier molecular flexibility index (Phi) is 5.60. The Morgan fingerprint density at radius 1 is 1.33 bits per heavy atom. The second kappa shape index (κ2) is 7.44. The van der Waals surface area contributed by atoms with Crippen LogP contribution in [0.15, 0.2) is 24.3 Å². The number of rotatable bonds is 6. The minimum absolute atomic E-state index is 0.0983. The van der Waals surface area contributed by atoms with Gasteiger partial charge in [-0.1, -0.05) is 25.1 Å². The van der Waals surface area contributed by atoms with Crippen molar-refractivity contribution in [2.24, 2.45) is 5.41 Å². The highest BCUT2D eigenvalue weighted by atomic mass is 16.5. The molecule has 21 heavy (non-hydrogen) atoms. The van der Waals surface area contributed by atoms with E-state index < -0.39 is 0 Å². The molecular formula is C17H25N3O. The fourth-order valence-corrected chi connectivity index (χ4v) is 2.73. The maximum atomic E-state index is 8.63. The van der Waals surface area contributed by atoms with Gasteiger partial charge in [-0.25, -0.2) is 0 Å². The topological polar surface area (TPSA) is 48.3 Å². The highest BCUT2D eigenvalue weighted by molar-refractivity contribution is 5.33. The van der Waals surface area contributed by atoms with Crippen LogP contribution in [0, 0.1) is 16.7 Å². The van der Waals surface area contributed by atoms with E-state index in [1.165, 1.54) is 25.9 Å². The van der Waals surface area contributed by atoms with Gasteiger partial charge in [0.05, 0.1) is 0 Å². The standard InChI is InChI=1S/C17H25N3O/c1-17(7-10-20(2)11-8-17)14-19-13-15-5-3-4-6-16(15)21-12-9-18/h3-6,19H,7-8,10-14H2,1-2H3. The number of ether oxygens (including phenoxy) is 1. The van der Waals surface area contributed by atoms with Gasteiger partial charge in [-0.05, 0) is 44.5 Å². The van der Waals surface area contributed by atoms with Crippen LogP contribution in [0.1, 0.15) is 25.3 Å². The van der Waals surface area contributed by atoms with Crippen LogP contribution in [0.5, 0.6) is 5.75 Å². The van der Waals surface area contributed by atoms with Gasteiger partial charge in [0.1, 0.15) is 11.8 Å². The highest BCUT2D eigenvalue weighted by Gasteiger charge is 2.28. The summed E-state index contributed by atoms with van der Waals surface area (Å²) in [5.74, 6) is 0.806. The first-order valence-electron chi connectivity index (χ1n) is 7.60. The summed E-state index contributed by atoms with van der Waals surface area (Å²) in [5.41, 5.74) is 1.50. The molecule has 1 fully saturated rings. The molecule has 2 rings (SSSR count). The summed E-state index contributed by atoms with van der Waals surface area (Å²) in [6, 6.07) is 9.94. The van der Waals surface area contributed by atoms with Crippen molar-refractivity contribution in [2.45, 2.75) is 26.3 Å². The van der Waals surface area contributed by atoms with Crippen LogP contribution in [-0.2, 0) is 6.54 Å². The van der Waals surface area contributed by atoms with E-state index in [9.17, 15) is 0 Å². The quantitative estimate of drug-likeness (QED) is 0.873. The third-order valence-corrected chi connectivity index (χ3v) is 4.33. The Morgan fingerprint density at radius 2 is 2.05 bits per heavy atom. The highest BCUT2D eigenvalue weighted by Crippen LogP contribution is 2.29. The number of para-hydroxylation sites is 1. The number of nitrogens with zero attached hydrogens (tertiary/aromatic N) is 2. The molecule has 1 aromatic carbocycles. The molecule has 114 valence electrons. The molecule has 0 unspecified atom stereocenters. The number of hydrogen-bond acceptors (Lipinski definition) is 4. The van der Waals surface area contributed by atoms with Crippen LogP contribution in [0.3, 0.4) is 0 Å².